The highest BCUT2D eigenvalue weighted by Crippen LogP contribution is 2.29. The summed E-state index contributed by atoms with van der Waals surface area (Å²) >= 11 is 0. The number of hydrogen-bond donors (Lipinski definition) is 3. The number of ether oxygens (including phenoxy) is 1. The van der Waals surface area contributed by atoms with Gasteiger partial charge in [0.05, 0.1) is 12.6 Å². The van der Waals surface area contributed by atoms with Gasteiger partial charge in [0.2, 0.25) is 0 Å². The number of anilines is 1. The molecule has 1 aromatic rings. The number of aromatic carboxylic acids is 1. The first-order valence-electron chi connectivity index (χ1n) is 5.97. The van der Waals surface area contributed by atoms with Crippen LogP contribution in [0.15, 0.2) is 12.1 Å². The van der Waals surface area contributed by atoms with Gasteiger partial charge in [0.15, 0.2) is 0 Å². The number of nitrogens with one attached hydrogen (secondary N) is 1. The molecule has 0 radical (unpaired) electrons. The Labute approximate surface area is 118 Å². The molecule has 0 amide bonds. The number of carboxylic acids is 1. The highest BCUT2D eigenvalue weighted by atomic mass is 19.4. The molecule has 1 atom stereocenters. The summed E-state index contributed by atoms with van der Waals surface area (Å²) in [5.41, 5.74) is -1.59. The average Bonchev–Trinajstić information content (AvgIpc) is 2.38. The Hall–Kier alpha value is -1.87. The minimum atomic E-state index is -4.68. The quantitative estimate of drug-likeness (QED) is 0.709. The molecule has 0 aromatic carbocycles. The molecule has 0 aliphatic carbocycles. The Kier molecular flexibility index (Phi) is 5.91. The number of aromatic nitrogens is 1. The van der Waals surface area contributed by atoms with Crippen molar-refractivity contribution in [2.75, 3.05) is 25.6 Å². The minimum Gasteiger partial charge on any atom is -0.478 e. The number of alkyl halides is 3. The number of pyridine rings is 1. The van der Waals surface area contributed by atoms with Crippen molar-refractivity contribution in [2.24, 2.45) is 0 Å². The molecule has 9 heteroatoms. The molecule has 21 heavy (non-hydrogen) atoms. The largest absolute Gasteiger partial charge is 0.478 e. The van der Waals surface area contributed by atoms with E-state index < -0.39 is 29.7 Å². The number of aliphatic hydroxyl groups is 1. The van der Waals surface area contributed by atoms with E-state index in [2.05, 4.69) is 10.3 Å². The van der Waals surface area contributed by atoms with Gasteiger partial charge < -0.3 is 20.3 Å². The SMILES string of the molecule is COCC(CCO)Nc1nc(C(F)(F)F)ccc1C(=O)O. The number of nitrogens with zero attached hydrogens (tertiary/aromatic N) is 1. The Balaban J connectivity index is 3.13. The highest BCUT2D eigenvalue weighted by Gasteiger charge is 2.33. The summed E-state index contributed by atoms with van der Waals surface area (Å²) in [4.78, 5) is 14.4. The smallest absolute Gasteiger partial charge is 0.433 e. The van der Waals surface area contributed by atoms with Gasteiger partial charge in [-0.3, -0.25) is 0 Å². The van der Waals surface area contributed by atoms with Gasteiger partial charge in [-0.2, -0.15) is 13.2 Å². The highest BCUT2D eigenvalue weighted by molar-refractivity contribution is 5.93. The first kappa shape index (κ1) is 17.2. The van der Waals surface area contributed by atoms with Gasteiger partial charge in [-0.15, -0.1) is 0 Å². The third-order valence-corrected chi connectivity index (χ3v) is 2.60. The first-order chi connectivity index (χ1) is 9.79. The lowest BCUT2D eigenvalue weighted by molar-refractivity contribution is -0.141. The van der Waals surface area contributed by atoms with Crippen molar-refractivity contribution in [3.05, 3.63) is 23.4 Å². The van der Waals surface area contributed by atoms with Gasteiger partial charge in [-0.1, -0.05) is 0 Å². The van der Waals surface area contributed by atoms with E-state index in [9.17, 15) is 18.0 Å². The summed E-state index contributed by atoms with van der Waals surface area (Å²) in [6.07, 6.45) is -4.51. The van der Waals surface area contributed by atoms with Crippen LogP contribution in [0.5, 0.6) is 0 Å². The van der Waals surface area contributed by atoms with E-state index in [0.717, 1.165) is 6.07 Å². The summed E-state index contributed by atoms with van der Waals surface area (Å²) in [6, 6.07) is 0.879. The van der Waals surface area contributed by atoms with E-state index in [1.165, 1.54) is 7.11 Å². The molecule has 0 fully saturated rings. The van der Waals surface area contributed by atoms with Crippen LogP contribution in [0.25, 0.3) is 0 Å². The maximum atomic E-state index is 12.6. The maximum absolute atomic E-state index is 12.6. The number of methoxy groups -OCH3 is 1. The van der Waals surface area contributed by atoms with E-state index in [1.807, 2.05) is 0 Å². The van der Waals surface area contributed by atoms with E-state index in [0.29, 0.717) is 6.07 Å². The normalized spacial score (nSPS) is 13.0. The fourth-order valence-electron chi connectivity index (χ4n) is 1.65. The Morgan fingerprint density at radius 2 is 2.14 bits per heavy atom. The van der Waals surface area contributed by atoms with E-state index in [4.69, 9.17) is 14.9 Å². The fourth-order valence-corrected chi connectivity index (χ4v) is 1.65. The Bertz CT molecular complexity index is 488. The second-order valence-electron chi connectivity index (χ2n) is 4.20. The van der Waals surface area contributed by atoms with Crippen LogP contribution >= 0.6 is 0 Å². The topological polar surface area (TPSA) is 91.7 Å². The van der Waals surface area contributed by atoms with Crippen LogP contribution in [0.2, 0.25) is 0 Å². The second-order valence-corrected chi connectivity index (χ2v) is 4.20. The molecule has 0 aliphatic heterocycles. The van der Waals surface area contributed by atoms with Gasteiger partial charge in [0, 0.05) is 13.7 Å². The molecule has 0 bridgehead atoms. The van der Waals surface area contributed by atoms with Crippen molar-refractivity contribution in [1.29, 1.82) is 0 Å². The molecule has 0 saturated heterocycles. The lowest BCUT2D eigenvalue weighted by Crippen LogP contribution is -2.28. The van der Waals surface area contributed by atoms with Crippen molar-refractivity contribution in [1.82, 2.24) is 4.98 Å². The predicted octanol–water partition coefficient (Wildman–Crippen LogP) is 1.61. The van der Waals surface area contributed by atoms with Gasteiger partial charge in [0.1, 0.15) is 17.1 Å². The third-order valence-electron chi connectivity index (χ3n) is 2.60. The predicted molar refractivity (Wildman–Crippen MR) is 67.2 cm³/mol. The molecule has 0 saturated carbocycles. The molecular formula is C12H15F3N2O4. The zero-order valence-corrected chi connectivity index (χ0v) is 11.1. The lowest BCUT2D eigenvalue weighted by Gasteiger charge is -2.19. The zero-order chi connectivity index (χ0) is 16.0. The lowest BCUT2D eigenvalue weighted by atomic mass is 10.2. The molecule has 1 heterocycles. The number of rotatable bonds is 7. The Morgan fingerprint density at radius 1 is 1.48 bits per heavy atom. The summed E-state index contributed by atoms with van der Waals surface area (Å²) in [7, 11) is 1.38. The molecule has 118 valence electrons. The van der Waals surface area contributed by atoms with Crippen molar-refractivity contribution in [3.63, 3.8) is 0 Å². The summed E-state index contributed by atoms with van der Waals surface area (Å²) in [6.45, 7) is -0.153. The number of carbonyl (C=O) groups is 1. The van der Waals surface area contributed by atoms with Gasteiger partial charge in [0.25, 0.3) is 0 Å². The van der Waals surface area contributed by atoms with Crippen LogP contribution in [-0.4, -0.2) is 47.5 Å². The van der Waals surface area contributed by atoms with Gasteiger partial charge >= 0.3 is 12.1 Å². The van der Waals surface area contributed by atoms with Crippen LogP contribution in [0.3, 0.4) is 0 Å². The summed E-state index contributed by atoms with van der Waals surface area (Å²) in [5.74, 6) is -1.81. The van der Waals surface area contributed by atoms with Crippen LogP contribution in [0.4, 0.5) is 19.0 Å². The standard InChI is InChI=1S/C12H15F3N2O4/c1-21-6-7(4-5-18)16-10-8(11(19)20)2-3-9(17-10)12(13,14)15/h2-3,7,18H,4-6H2,1H3,(H,16,17)(H,19,20). The van der Waals surface area contributed by atoms with Crippen LogP contribution in [-0.2, 0) is 10.9 Å². The minimum absolute atomic E-state index is 0.0809. The van der Waals surface area contributed by atoms with Gasteiger partial charge in [-0.25, -0.2) is 9.78 Å². The number of aliphatic hydroxyl groups excluding tert-OH is 1. The average molecular weight is 308 g/mol. The number of carboxylic acid groups (broad SMARTS) is 1. The molecule has 1 rings (SSSR count). The van der Waals surface area contributed by atoms with Crippen molar-refractivity contribution in [3.8, 4) is 0 Å². The van der Waals surface area contributed by atoms with Crippen molar-refractivity contribution < 1.29 is 32.9 Å². The molecular weight excluding hydrogens is 293 g/mol. The van der Waals surface area contributed by atoms with E-state index >= 15 is 0 Å². The fraction of sp³-hybridized carbons (Fsp3) is 0.500. The first-order valence-corrected chi connectivity index (χ1v) is 5.97. The van der Waals surface area contributed by atoms with Crippen LogP contribution < -0.4 is 5.32 Å². The molecule has 0 aliphatic rings. The van der Waals surface area contributed by atoms with Crippen molar-refractivity contribution in [2.45, 2.75) is 18.6 Å². The summed E-state index contributed by atoms with van der Waals surface area (Å²) < 4.78 is 42.8. The second kappa shape index (κ2) is 7.23. The van der Waals surface area contributed by atoms with Crippen LogP contribution in [0, 0.1) is 0 Å². The Morgan fingerprint density at radius 3 is 2.62 bits per heavy atom. The molecule has 0 spiro atoms. The third kappa shape index (κ3) is 4.87. The molecule has 6 nitrogen and oxygen atoms in total. The maximum Gasteiger partial charge on any atom is 0.433 e. The van der Waals surface area contributed by atoms with E-state index in [1.54, 1.807) is 0 Å². The molecule has 1 aromatic heterocycles. The number of hydrogen-bond acceptors (Lipinski definition) is 5. The van der Waals surface area contributed by atoms with Crippen LogP contribution in [0.1, 0.15) is 22.5 Å². The van der Waals surface area contributed by atoms with Gasteiger partial charge in [-0.05, 0) is 18.6 Å². The number of halogens is 3. The van der Waals surface area contributed by atoms with E-state index in [-0.39, 0.29) is 25.2 Å². The molecule has 1 unspecified atom stereocenters. The molecule has 3 N–H and O–H groups in total. The summed E-state index contributed by atoms with van der Waals surface area (Å²) in [5, 5.41) is 20.4. The zero-order valence-electron chi connectivity index (χ0n) is 11.1. The van der Waals surface area contributed by atoms with Crippen molar-refractivity contribution >= 4 is 11.8 Å². The monoisotopic (exact) mass is 308 g/mol.